The Morgan fingerprint density at radius 1 is 0.886 bits per heavy atom. The van der Waals surface area contributed by atoms with Crippen molar-refractivity contribution in [3.63, 3.8) is 0 Å². The van der Waals surface area contributed by atoms with Crippen LogP contribution in [-0.4, -0.2) is 12.2 Å². The van der Waals surface area contributed by atoms with Crippen molar-refractivity contribution < 1.29 is 5.11 Å². The normalized spacial score (nSPS) is 15.6. The summed E-state index contributed by atoms with van der Waals surface area (Å²) < 4.78 is 0. The summed E-state index contributed by atoms with van der Waals surface area (Å²) in [6.45, 7) is 32.6. The molecule has 44 heavy (non-hydrogen) atoms. The number of aryl methyl sites for hydroxylation is 1. The van der Waals surface area contributed by atoms with Crippen LogP contribution in [0, 0.1) is 18.8 Å². The molecular weight excluding hydrogens is 534 g/mol. The van der Waals surface area contributed by atoms with Gasteiger partial charge in [0.15, 0.2) is 0 Å². The maximum atomic E-state index is 9.32. The van der Waals surface area contributed by atoms with Crippen LogP contribution in [-0.2, 0) is 0 Å². The monoisotopic (exact) mass is 608 g/mol. The number of aliphatic hydroxyl groups excluding tert-OH is 1. The van der Waals surface area contributed by atoms with Gasteiger partial charge in [-0.1, -0.05) is 151 Å². The highest BCUT2D eigenvalue weighted by Crippen LogP contribution is 2.35. The number of aliphatic hydroxyl groups is 1. The fourth-order valence-electron chi connectivity index (χ4n) is 4.52. The van der Waals surface area contributed by atoms with Gasteiger partial charge in [-0.25, -0.2) is 0 Å². The Labute approximate surface area is 276 Å². The smallest absolute Gasteiger partial charge is 0.0853 e. The van der Waals surface area contributed by atoms with Crippen molar-refractivity contribution >= 4 is 5.57 Å². The second-order valence-electron chi connectivity index (χ2n) is 10.3. The van der Waals surface area contributed by atoms with Gasteiger partial charge in [0.2, 0.25) is 0 Å². The van der Waals surface area contributed by atoms with Gasteiger partial charge in [-0.2, -0.15) is 0 Å². The number of hydrogen-bond acceptors (Lipinski definition) is 2. The molecule has 1 aromatic carbocycles. The molecule has 1 fully saturated rings. The van der Waals surface area contributed by atoms with Gasteiger partial charge in [-0.15, -0.1) is 0 Å². The Hall–Kier alpha value is -2.84. The van der Waals surface area contributed by atoms with Crippen LogP contribution in [0.3, 0.4) is 0 Å². The predicted molar refractivity (Wildman–Crippen MR) is 206 cm³/mol. The lowest BCUT2D eigenvalue weighted by molar-refractivity contribution is 0.268. The van der Waals surface area contributed by atoms with Crippen molar-refractivity contribution in [3.05, 3.63) is 115 Å². The van der Waals surface area contributed by atoms with Gasteiger partial charge in [0.1, 0.15) is 0 Å². The average molecular weight is 608 g/mol. The fourth-order valence-corrected chi connectivity index (χ4v) is 4.52. The first-order chi connectivity index (χ1) is 21.2. The highest BCUT2D eigenvalue weighted by Gasteiger charge is 2.22. The average Bonchev–Trinajstić information content (AvgIpc) is 3.06. The van der Waals surface area contributed by atoms with Crippen LogP contribution in [0.1, 0.15) is 131 Å². The molecule has 0 saturated heterocycles. The molecule has 1 aromatic rings. The van der Waals surface area contributed by atoms with Crippen LogP contribution in [0.25, 0.3) is 5.57 Å². The maximum Gasteiger partial charge on any atom is 0.0853 e. The Kier molecular flexibility index (Phi) is 39.7. The molecule has 0 bridgehead atoms. The molecular formula is C42H73NO. The highest BCUT2D eigenvalue weighted by atomic mass is 16.3. The summed E-state index contributed by atoms with van der Waals surface area (Å²) in [5.74, 6) is 1.46. The van der Waals surface area contributed by atoms with Gasteiger partial charge in [-0.3, -0.25) is 0 Å². The van der Waals surface area contributed by atoms with Gasteiger partial charge in [-0.05, 0) is 103 Å². The summed E-state index contributed by atoms with van der Waals surface area (Å²) in [5.41, 5.74) is 10.7. The molecule has 2 heteroatoms. The van der Waals surface area contributed by atoms with Gasteiger partial charge < -0.3 is 10.8 Å². The topological polar surface area (TPSA) is 46.2 Å². The quantitative estimate of drug-likeness (QED) is 0.149. The van der Waals surface area contributed by atoms with E-state index in [1.807, 2.05) is 53.7 Å². The van der Waals surface area contributed by atoms with Crippen molar-refractivity contribution in [2.24, 2.45) is 17.6 Å². The molecule has 0 spiro atoms. The second kappa shape index (κ2) is 36.4. The van der Waals surface area contributed by atoms with E-state index in [4.69, 9.17) is 0 Å². The second-order valence-corrected chi connectivity index (χ2v) is 10.3. The lowest BCUT2D eigenvalue weighted by Gasteiger charge is -2.28. The molecule has 0 radical (unpaired) electrons. The molecule has 252 valence electrons. The molecule has 1 saturated carbocycles. The Morgan fingerprint density at radius 2 is 1.45 bits per heavy atom. The SMILES string of the molecule is C/C=C/C.C/C=C/C/C(=C/CC)CCC.C=C(O)CC1CCC(C(=C)/C=C\C(=C)c2cccc(C)c2)CC1.CC.CC.CN. The molecule has 3 N–H and O–H groups in total. The van der Waals surface area contributed by atoms with Crippen LogP contribution < -0.4 is 5.73 Å². The lowest BCUT2D eigenvalue weighted by atomic mass is 9.77. The summed E-state index contributed by atoms with van der Waals surface area (Å²) in [5, 5.41) is 9.32. The zero-order chi connectivity index (χ0) is 34.8. The predicted octanol–water partition coefficient (Wildman–Crippen LogP) is 13.7. The van der Waals surface area contributed by atoms with E-state index in [1.54, 1.807) is 5.57 Å². The fraction of sp³-hybridized carbons (Fsp3) is 0.524. The molecule has 0 amide bonds. The first-order valence-electron chi connectivity index (χ1n) is 17.2. The van der Waals surface area contributed by atoms with Gasteiger partial charge >= 0.3 is 0 Å². The van der Waals surface area contributed by atoms with Crippen molar-refractivity contribution in [1.82, 2.24) is 0 Å². The summed E-state index contributed by atoms with van der Waals surface area (Å²) >= 11 is 0. The molecule has 1 aliphatic carbocycles. The summed E-state index contributed by atoms with van der Waals surface area (Å²) in [4.78, 5) is 0. The maximum absolute atomic E-state index is 9.32. The minimum atomic E-state index is 0.321. The Balaban J connectivity index is -0.000000318. The number of rotatable bonds is 11. The van der Waals surface area contributed by atoms with Gasteiger partial charge in [0.25, 0.3) is 0 Å². The third-order valence-electron chi connectivity index (χ3n) is 6.80. The summed E-state index contributed by atoms with van der Waals surface area (Å²) in [7, 11) is 1.50. The molecule has 2 rings (SSSR count). The van der Waals surface area contributed by atoms with E-state index in [9.17, 15) is 5.11 Å². The number of hydrogen-bond donors (Lipinski definition) is 2. The van der Waals surface area contributed by atoms with Gasteiger partial charge in [0, 0.05) is 6.42 Å². The molecule has 0 aromatic heterocycles. The van der Waals surface area contributed by atoms with E-state index < -0.39 is 0 Å². The van der Waals surface area contributed by atoms with E-state index in [0.29, 0.717) is 17.6 Å². The Morgan fingerprint density at radius 3 is 1.89 bits per heavy atom. The van der Waals surface area contributed by atoms with E-state index in [0.717, 1.165) is 44.1 Å². The van der Waals surface area contributed by atoms with Crippen LogP contribution in [0.2, 0.25) is 0 Å². The third kappa shape index (κ3) is 28.0. The summed E-state index contributed by atoms with van der Waals surface area (Å²) in [6.07, 6.45) is 25.1. The van der Waals surface area contributed by atoms with Crippen LogP contribution >= 0.6 is 0 Å². The van der Waals surface area contributed by atoms with E-state index in [2.05, 4.69) is 108 Å². The highest BCUT2D eigenvalue weighted by molar-refractivity contribution is 5.72. The van der Waals surface area contributed by atoms with E-state index in [-0.39, 0.29) is 0 Å². The summed E-state index contributed by atoms with van der Waals surface area (Å²) in [6, 6.07) is 8.41. The van der Waals surface area contributed by atoms with Crippen molar-refractivity contribution in [1.29, 1.82) is 0 Å². The number of nitrogens with two attached hydrogens (primary N) is 1. The first-order valence-corrected chi connectivity index (χ1v) is 17.2. The first kappa shape index (κ1) is 48.1. The molecule has 0 aliphatic heterocycles. The zero-order valence-electron chi connectivity index (χ0n) is 31.0. The molecule has 0 atom stereocenters. The zero-order valence-corrected chi connectivity index (χ0v) is 31.0. The number of allylic oxidation sites excluding steroid dienone is 11. The number of benzene rings is 1. The lowest BCUT2D eigenvalue weighted by Crippen LogP contribution is -2.15. The van der Waals surface area contributed by atoms with Crippen LogP contribution in [0.15, 0.2) is 103 Å². The van der Waals surface area contributed by atoms with Crippen LogP contribution in [0.5, 0.6) is 0 Å². The van der Waals surface area contributed by atoms with Crippen molar-refractivity contribution in [2.45, 2.75) is 127 Å². The molecule has 1 aliphatic rings. The van der Waals surface area contributed by atoms with E-state index in [1.165, 1.54) is 43.0 Å². The molecule has 0 unspecified atom stereocenters. The largest absolute Gasteiger partial charge is 0.513 e. The molecule has 0 heterocycles. The minimum absolute atomic E-state index is 0.321. The van der Waals surface area contributed by atoms with Crippen molar-refractivity contribution in [3.8, 4) is 0 Å². The van der Waals surface area contributed by atoms with E-state index >= 15 is 0 Å². The molecule has 2 nitrogen and oxygen atoms in total. The van der Waals surface area contributed by atoms with Crippen LogP contribution in [0.4, 0.5) is 0 Å². The minimum Gasteiger partial charge on any atom is -0.513 e. The van der Waals surface area contributed by atoms with Gasteiger partial charge in [0.05, 0.1) is 5.76 Å². The third-order valence-corrected chi connectivity index (χ3v) is 6.80. The standard InChI is InChI=1S/C22H28O.C11H20.C4H8.2C2H6.CH5N/c1-16-6-5-7-22(14-16)18(3)9-8-17(2)21-12-10-20(11-13-21)15-19(4)23;1-4-7-10-11(8-5-2)9-6-3;1-3-4-2;3*1-2/h5-9,14,20-21,23H,2-4,10-13,15H2,1H3;4,7-8H,5-6,9-10H2,1-3H3;3-4H,1-2H3;2*1-2H3;2H2,1H3/b9-8-;7-4+,11-8+;4-3+;;;. The Bertz CT molecular complexity index is 932. The van der Waals surface area contributed by atoms with Crippen molar-refractivity contribution in [2.75, 3.05) is 7.05 Å².